The lowest BCUT2D eigenvalue weighted by Crippen LogP contribution is -2.44. The molecule has 226 valence electrons. The van der Waals surface area contributed by atoms with Crippen LogP contribution in [0.5, 0.6) is 0 Å². The normalized spacial score (nSPS) is 14.0. The van der Waals surface area contributed by atoms with Crippen LogP contribution in [0.4, 0.5) is 33.0 Å². The first-order chi connectivity index (χ1) is 18.7. The second-order valence-corrected chi connectivity index (χ2v) is 11.6. The molecule has 10 nitrogen and oxygen atoms in total. The molecular formula is C26H32ClF4N5O5. The van der Waals surface area contributed by atoms with Crippen LogP contribution in [0.2, 0.25) is 5.28 Å². The lowest BCUT2D eigenvalue weighted by Gasteiger charge is -2.26. The van der Waals surface area contributed by atoms with Crippen molar-refractivity contribution in [2.45, 2.75) is 91.0 Å². The molecule has 0 aromatic carbocycles. The summed E-state index contributed by atoms with van der Waals surface area (Å²) in [6.45, 7) is 10.4. The molecule has 0 aliphatic heterocycles. The van der Waals surface area contributed by atoms with Crippen molar-refractivity contribution in [3.05, 3.63) is 46.8 Å². The highest BCUT2D eigenvalue weighted by Crippen LogP contribution is 2.37. The summed E-state index contributed by atoms with van der Waals surface area (Å²) >= 11 is 6.06. The number of furan rings is 1. The van der Waals surface area contributed by atoms with Gasteiger partial charge in [0.2, 0.25) is 5.28 Å². The summed E-state index contributed by atoms with van der Waals surface area (Å²) in [5, 5.41) is 5.43. The molecule has 0 aliphatic rings. The van der Waals surface area contributed by atoms with Crippen molar-refractivity contribution in [3.8, 4) is 0 Å². The van der Waals surface area contributed by atoms with E-state index in [4.69, 9.17) is 25.5 Å². The number of amides is 2. The summed E-state index contributed by atoms with van der Waals surface area (Å²) < 4.78 is 74.4. The van der Waals surface area contributed by atoms with Gasteiger partial charge >= 0.3 is 18.4 Å². The topological polar surface area (TPSA) is 111 Å². The number of aromatic nitrogens is 3. The minimum Gasteiger partial charge on any atom is -0.467 e. The molecule has 0 bridgehead atoms. The van der Waals surface area contributed by atoms with E-state index in [0.717, 1.165) is 17.9 Å². The van der Waals surface area contributed by atoms with Crippen LogP contribution in [-0.2, 0) is 28.6 Å². The molecule has 41 heavy (non-hydrogen) atoms. The van der Waals surface area contributed by atoms with E-state index in [-0.39, 0.29) is 23.6 Å². The van der Waals surface area contributed by atoms with Crippen LogP contribution in [0.25, 0.3) is 5.52 Å². The van der Waals surface area contributed by atoms with E-state index in [2.05, 4.69) is 15.4 Å². The minimum atomic E-state index is -5.00. The monoisotopic (exact) mass is 605 g/mol. The molecule has 2 atom stereocenters. The number of hydrogen-bond donors (Lipinski definition) is 1. The maximum Gasteiger partial charge on any atom is 0.433 e. The summed E-state index contributed by atoms with van der Waals surface area (Å²) in [4.78, 5) is 30.6. The Morgan fingerprint density at radius 2 is 1.78 bits per heavy atom. The third kappa shape index (κ3) is 8.47. The van der Waals surface area contributed by atoms with E-state index >= 15 is 0 Å². The number of carbonyl (C=O) groups excluding carboxylic acids is 2. The molecule has 15 heteroatoms. The Hall–Kier alpha value is -3.55. The van der Waals surface area contributed by atoms with Crippen molar-refractivity contribution in [2.75, 3.05) is 4.90 Å². The lowest BCUT2D eigenvalue weighted by molar-refractivity contribution is -0.143. The van der Waals surface area contributed by atoms with Gasteiger partial charge < -0.3 is 19.2 Å². The fraction of sp³-hybridized carbons (Fsp3) is 0.538. The van der Waals surface area contributed by atoms with Crippen molar-refractivity contribution in [1.29, 1.82) is 0 Å². The second-order valence-electron chi connectivity index (χ2n) is 11.3. The zero-order valence-corrected chi connectivity index (χ0v) is 24.4. The number of hydrogen-bond acceptors (Lipinski definition) is 7. The molecule has 0 spiro atoms. The third-order valence-electron chi connectivity index (χ3n) is 5.39. The van der Waals surface area contributed by atoms with Crippen LogP contribution < -0.4 is 10.2 Å². The Morgan fingerprint density at radius 3 is 2.29 bits per heavy atom. The van der Waals surface area contributed by atoms with Crippen LogP contribution in [0.1, 0.15) is 65.5 Å². The highest BCUT2D eigenvalue weighted by atomic mass is 35.5. The fourth-order valence-electron chi connectivity index (χ4n) is 3.85. The molecule has 0 fully saturated rings. The van der Waals surface area contributed by atoms with Gasteiger partial charge in [-0.25, -0.2) is 18.5 Å². The van der Waals surface area contributed by atoms with Gasteiger partial charge in [-0.3, -0.25) is 4.90 Å². The molecule has 0 unspecified atom stereocenters. The van der Waals surface area contributed by atoms with Gasteiger partial charge in [-0.1, -0.05) is 0 Å². The number of ether oxygens (including phenoxy) is 2. The number of halogens is 5. The number of nitrogens with zero attached hydrogens (tertiary/aromatic N) is 4. The molecule has 3 heterocycles. The number of anilines is 1. The molecule has 3 aromatic rings. The maximum absolute atomic E-state index is 14.6. The van der Waals surface area contributed by atoms with Crippen molar-refractivity contribution in [3.63, 3.8) is 0 Å². The Bertz CT molecular complexity index is 1380. The maximum atomic E-state index is 14.6. The molecule has 1 N–H and O–H groups in total. The standard InChI is InChI=1S/C26H32ClF4N5O5/c1-14(28)17(32-22(37)40-24(2,3)4)11-15-12-18-20(33-21(27)34-36(18)19(15)26(29,30)31)35(13-16-9-8-10-39-16)23(38)41-25(5,6)7/h8-10,12,14,17H,11,13H2,1-7H3,(H,32,37)/t14-,17+/m0/s1. The quantitative estimate of drug-likeness (QED) is 0.297. The van der Waals surface area contributed by atoms with Gasteiger partial charge in [0.1, 0.15) is 34.3 Å². The molecule has 3 aromatic heterocycles. The molecule has 0 aliphatic carbocycles. The molecule has 2 amide bonds. The largest absolute Gasteiger partial charge is 0.467 e. The van der Waals surface area contributed by atoms with E-state index in [0.29, 0.717) is 4.52 Å². The summed E-state index contributed by atoms with van der Waals surface area (Å²) in [5.41, 5.74) is -3.86. The number of carbonyl (C=O) groups is 2. The highest BCUT2D eigenvalue weighted by Gasteiger charge is 2.41. The minimum absolute atomic E-state index is 0.267. The van der Waals surface area contributed by atoms with E-state index in [1.807, 2.05) is 0 Å². The van der Waals surface area contributed by atoms with Crippen LogP contribution >= 0.6 is 11.6 Å². The molecule has 3 rings (SSSR count). The van der Waals surface area contributed by atoms with Gasteiger partial charge in [-0.05, 0) is 90.3 Å². The predicted molar refractivity (Wildman–Crippen MR) is 142 cm³/mol. The number of rotatable bonds is 7. The Morgan fingerprint density at radius 1 is 1.15 bits per heavy atom. The summed E-state index contributed by atoms with van der Waals surface area (Å²) in [5.74, 6) is -0.0307. The number of nitrogens with one attached hydrogen (secondary N) is 1. The van der Waals surface area contributed by atoms with Crippen molar-refractivity contribution < 1.29 is 41.0 Å². The average molecular weight is 606 g/mol. The Balaban J connectivity index is 2.17. The number of alkyl carbamates (subject to hydrolysis) is 1. The van der Waals surface area contributed by atoms with E-state index in [1.54, 1.807) is 53.7 Å². The first-order valence-corrected chi connectivity index (χ1v) is 12.9. The molecular weight excluding hydrogens is 574 g/mol. The van der Waals surface area contributed by atoms with Crippen molar-refractivity contribution in [2.24, 2.45) is 0 Å². The average Bonchev–Trinajstić information content (AvgIpc) is 3.41. The highest BCUT2D eigenvalue weighted by molar-refractivity contribution is 6.28. The number of alkyl halides is 4. The van der Waals surface area contributed by atoms with Gasteiger partial charge in [-0.2, -0.15) is 18.2 Å². The van der Waals surface area contributed by atoms with E-state index in [1.165, 1.54) is 6.26 Å². The fourth-order valence-corrected chi connectivity index (χ4v) is 4.00. The smallest absolute Gasteiger partial charge is 0.433 e. The zero-order chi connectivity index (χ0) is 30.9. The molecule has 0 saturated carbocycles. The van der Waals surface area contributed by atoms with Crippen LogP contribution in [0.3, 0.4) is 0 Å². The lowest BCUT2D eigenvalue weighted by atomic mass is 10.0. The van der Waals surface area contributed by atoms with Crippen LogP contribution in [0.15, 0.2) is 28.9 Å². The van der Waals surface area contributed by atoms with Gasteiger partial charge in [0.25, 0.3) is 0 Å². The first-order valence-electron chi connectivity index (χ1n) is 12.6. The Labute approximate surface area is 238 Å². The van der Waals surface area contributed by atoms with Gasteiger partial charge in [0.15, 0.2) is 5.82 Å². The molecule has 0 saturated heterocycles. The van der Waals surface area contributed by atoms with Crippen LogP contribution in [-0.4, -0.2) is 50.2 Å². The second kappa shape index (κ2) is 11.7. The predicted octanol–water partition coefficient (Wildman–Crippen LogP) is 6.73. The van der Waals surface area contributed by atoms with E-state index < -0.39 is 64.7 Å². The van der Waals surface area contributed by atoms with Gasteiger partial charge in [0, 0.05) is 0 Å². The SMILES string of the molecule is C[C@H](F)[C@@H](Cc1cc2c(N(Cc3ccco3)C(=O)OC(C)(C)C)nc(Cl)nn2c1C(F)(F)F)NC(=O)OC(C)(C)C. The Kier molecular flexibility index (Phi) is 9.16. The van der Waals surface area contributed by atoms with Crippen LogP contribution in [0, 0.1) is 0 Å². The van der Waals surface area contributed by atoms with E-state index in [9.17, 15) is 27.2 Å². The van der Waals surface area contributed by atoms with Crippen molar-refractivity contribution in [1.82, 2.24) is 19.9 Å². The van der Waals surface area contributed by atoms with Gasteiger partial charge in [0.05, 0.1) is 18.8 Å². The van der Waals surface area contributed by atoms with Gasteiger partial charge in [-0.15, -0.1) is 5.10 Å². The summed E-state index contributed by atoms with van der Waals surface area (Å²) in [6.07, 6.45) is -7.94. The van der Waals surface area contributed by atoms with Crippen molar-refractivity contribution >= 4 is 35.1 Å². The number of fused-ring (bicyclic) bond motifs is 1. The third-order valence-corrected chi connectivity index (χ3v) is 5.55. The zero-order valence-electron chi connectivity index (χ0n) is 23.6. The molecule has 0 radical (unpaired) electrons. The summed E-state index contributed by atoms with van der Waals surface area (Å²) in [7, 11) is 0. The summed E-state index contributed by atoms with van der Waals surface area (Å²) in [6, 6.07) is 2.79. The first kappa shape index (κ1) is 32.0.